The molecule has 18 heavy (non-hydrogen) atoms. The molecule has 0 saturated heterocycles. The summed E-state index contributed by atoms with van der Waals surface area (Å²) in [4.78, 5) is 14.0. The van der Waals surface area contributed by atoms with Gasteiger partial charge in [0.15, 0.2) is 0 Å². The van der Waals surface area contributed by atoms with Crippen LogP contribution in [0.1, 0.15) is 32.8 Å². The number of aryl methyl sites for hydroxylation is 1. The Morgan fingerprint density at radius 2 is 1.89 bits per heavy atom. The van der Waals surface area contributed by atoms with Gasteiger partial charge >= 0.3 is 0 Å². The lowest BCUT2D eigenvalue weighted by molar-refractivity contribution is -0.117. The maximum absolute atomic E-state index is 12.1. The molecule has 1 rings (SSSR count). The lowest BCUT2D eigenvalue weighted by Crippen LogP contribution is -2.40. The molecular formula is C15H24N2O. The highest BCUT2D eigenvalue weighted by Crippen LogP contribution is 2.14. The average molecular weight is 248 g/mol. The molecular weight excluding hydrogens is 224 g/mol. The second-order valence-corrected chi connectivity index (χ2v) is 4.66. The number of benzene rings is 1. The van der Waals surface area contributed by atoms with Crippen LogP contribution in [0.4, 0.5) is 5.69 Å². The van der Waals surface area contributed by atoms with E-state index in [0.29, 0.717) is 19.1 Å². The molecule has 1 atom stereocenters. The van der Waals surface area contributed by atoms with E-state index >= 15 is 0 Å². The van der Waals surface area contributed by atoms with Crippen molar-refractivity contribution in [1.82, 2.24) is 5.32 Å². The number of hydrogen-bond acceptors (Lipinski definition) is 2. The van der Waals surface area contributed by atoms with E-state index in [1.54, 1.807) is 0 Å². The van der Waals surface area contributed by atoms with Gasteiger partial charge in [-0.2, -0.15) is 0 Å². The number of carbonyl (C=O) groups excluding carboxylic acids is 1. The third kappa shape index (κ3) is 4.15. The van der Waals surface area contributed by atoms with Crippen molar-refractivity contribution in [3.8, 4) is 0 Å². The zero-order valence-corrected chi connectivity index (χ0v) is 11.9. The maximum atomic E-state index is 12.1. The van der Waals surface area contributed by atoms with Crippen LogP contribution in [0.3, 0.4) is 0 Å². The van der Waals surface area contributed by atoms with Crippen LogP contribution in [0.2, 0.25) is 0 Å². The summed E-state index contributed by atoms with van der Waals surface area (Å²) >= 11 is 0. The monoisotopic (exact) mass is 248 g/mol. The highest BCUT2D eigenvalue weighted by molar-refractivity contribution is 5.94. The first kappa shape index (κ1) is 14.7. The van der Waals surface area contributed by atoms with Crippen LogP contribution in [0.25, 0.3) is 0 Å². The molecule has 100 valence electrons. The van der Waals surface area contributed by atoms with Gasteiger partial charge in [-0.15, -0.1) is 0 Å². The van der Waals surface area contributed by atoms with Gasteiger partial charge in [-0.3, -0.25) is 4.79 Å². The highest BCUT2D eigenvalue weighted by atomic mass is 16.2. The van der Waals surface area contributed by atoms with E-state index in [1.807, 2.05) is 43.0 Å². The van der Waals surface area contributed by atoms with Gasteiger partial charge in [-0.1, -0.05) is 24.6 Å². The summed E-state index contributed by atoms with van der Waals surface area (Å²) < 4.78 is 0. The average Bonchev–Trinajstić information content (AvgIpc) is 2.39. The Labute approximate surface area is 110 Å². The van der Waals surface area contributed by atoms with Crippen LogP contribution in [-0.4, -0.2) is 25.0 Å². The number of amides is 1. The summed E-state index contributed by atoms with van der Waals surface area (Å²) in [5, 5.41) is 3.24. The Morgan fingerprint density at radius 3 is 2.39 bits per heavy atom. The van der Waals surface area contributed by atoms with E-state index in [9.17, 15) is 4.79 Å². The standard InChI is InChI=1S/C15H24N2O/c1-5-13(4)16-11-15(18)17(6-2)14-9-7-12(3)8-10-14/h7-10,13,16H,5-6,11H2,1-4H3. The van der Waals surface area contributed by atoms with Crippen LogP contribution in [0, 0.1) is 6.92 Å². The molecule has 0 aliphatic rings. The summed E-state index contributed by atoms with van der Waals surface area (Å²) in [6.45, 7) is 9.35. The van der Waals surface area contributed by atoms with E-state index in [2.05, 4.69) is 19.2 Å². The molecule has 0 saturated carbocycles. The zero-order chi connectivity index (χ0) is 13.5. The van der Waals surface area contributed by atoms with E-state index < -0.39 is 0 Å². The van der Waals surface area contributed by atoms with Crippen molar-refractivity contribution in [3.63, 3.8) is 0 Å². The third-order valence-electron chi connectivity index (χ3n) is 3.18. The van der Waals surface area contributed by atoms with Gasteiger partial charge in [0.1, 0.15) is 0 Å². The highest BCUT2D eigenvalue weighted by Gasteiger charge is 2.13. The number of rotatable bonds is 6. The fourth-order valence-electron chi connectivity index (χ4n) is 1.73. The van der Waals surface area contributed by atoms with Gasteiger partial charge in [-0.05, 0) is 39.3 Å². The van der Waals surface area contributed by atoms with Crippen LogP contribution >= 0.6 is 0 Å². The molecule has 0 aromatic heterocycles. The van der Waals surface area contributed by atoms with Gasteiger partial charge in [0.05, 0.1) is 6.54 Å². The van der Waals surface area contributed by atoms with Gasteiger partial charge < -0.3 is 10.2 Å². The minimum absolute atomic E-state index is 0.127. The number of carbonyl (C=O) groups is 1. The molecule has 1 unspecified atom stereocenters. The first-order chi connectivity index (χ1) is 8.58. The Morgan fingerprint density at radius 1 is 1.28 bits per heavy atom. The van der Waals surface area contributed by atoms with Gasteiger partial charge in [0.25, 0.3) is 0 Å². The van der Waals surface area contributed by atoms with Crippen molar-refractivity contribution < 1.29 is 4.79 Å². The second kappa shape index (κ2) is 7.17. The number of nitrogens with one attached hydrogen (secondary N) is 1. The lowest BCUT2D eigenvalue weighted by Gasteiger charge is -2.22. The first-order valence-corrected chi connectivity index (χ1v) is 6.68. The molecule has 3 nitrogen and oxygen atoms in total. The fraction of sp³-hybridized carbons (Fsp3) is 0.533. The molecule has 1 N–H and O–H groups in total. The summed E-state index contributed by atoms with van der Waals surface area (Å²) in [6, 6.07) is 8.45. The quantitative estimate of drug-likeness (QED) is 0.839. The molecule has 0 spiro atoms. The van der Waals surface area contributed by atoms with Gasteiger partial charge in [0, 0.05) is 18.3 Å². The van der Waals surface area contributed by atoms with Crippen molar-refractivity contribution >= 4 is 11.6 Å². The summed E-state index contributed by atoms with van der Waals surface area (Å²) in [5.41, 5.74) is 2.18. The van der Waals surface area contributed by atoms with E-state index in [0.717, 1.165) is 12.1 Å². The number of hydrogen-bond donors (Lipinski definition) is 1. The molecule has 3 heteroatoms. The Balaban J connectivity index is 2.65. The first-order valence-electron chi connectivity index (χ1n) is 6.68. The molecule has 0 aliphatic heterocycles. The maximum Gasteiger partial charge on any atom is 0.240 e. The van der Waals surface area contributed by atoms with E-state index in [1.165, 1.54) is 5.56 Å². The fourth-order valence-corrected chi connectivity index (χ4v) is 1.73. The zero-order valence-electron chi connectivity index (χ0n) is 11.9. The van der Waals surface area contributed by atoms with Crippen LogP contribution < -0.4 is 10.2 Å². The third-order valence-corrected chi connectivity index (χ3v) is 3.18. The van der Waals surface area contributed by atoms with Crippen LogP contribution in [0.5, 0.6) is 0 Å². The van der Waals surface area contributed by atoms with E-state index in [4.69, 9.17) is 0 Å². The van der Waals surface area contributed by atoms with Crippen LogP contribution in [-0.2, 0) is 4.79 Å². The summed E-state index contributed by atoms with van der Waals surface area (Å²) in [5.74, 6) is 0.127. The smallest absolute Gasteiger partial charge is 0.240 e. The summed E-state index contributed by atoms with van der Waals surface area (Å²) in [6.07, 6.45) is 1.03. The lowest BCUT2D eigenvalue weighted by atomic mass is 10.2. The van der Waals surface area contributed by atoms with Crippen molar-refractivity contribution in [3.05, 3.63) is 29.8 Å². The molecule has 0 fully saturated rings. The predicted molar refractivity (Wildman–Crippen MR) is 77.0 cm³/mol. The molecule has 1 aromatic rings. The Bertz CT molecular complexity index is 373. The van der Waals surface area contributed by atoms with Gasteiger partial charge in [0.2, 0.25) is 5.91 Å². The normalized spacial score (nSPS) is 12.2. The number of likely N-dealkylation sites (N-methyl/N-ethyl adjacent to an activating group) is 1. The largest absolute Gasteiger partial charge is 0.312 e. The van der Waals surface area contributed by atoms with Gasteiger partial charge in [-0.25, -0.2) is 0 Å². The second-order valence-electron chi connectivity index (χ2n) is 4.66. The number of anilines is 1. The van der Waals surface area contributed by atoms with Crippen molar-refractivity contribution in [2.24, 2.45) is 0 Å². The SMILES string of the molecule is CCC(C)NCC(=O)N(CC)c1ccc(C)cc1. The Kier molecular flexibility index (Phi) is 5.86. The topological polar surface area (TPSA) is 32.3 Å². The summed E-state index contributed by atoms with van der Waals surface area (Å²) in [7, 11) is 0. The number of nitrogens with zero attached hydrogens (tertiary/aromatic N) is 1. The van der Waals surface area contributed by atoms with Crippen molar-refractivity contribution in [2.75, 3.05) is 18.0 Å². The van der Waals surface area contributed by atoms with Crippen molar-refractivity contribution in [1.29, 1.82) is 0 Å². The van der Waals surface area contributed by atoms with Crippen LogP contribution in [0.15, 0.2) is 24.3 Å². The molecule has 1 amide bonds. The minimum Gasteiger partial charge on any atom is -0.312 e. The van der Waals surface area contributed by atoms with E-state index in [-0.39, 0.29) is 5.91 Å². The molecule has 0 heterocycles. The molecule has 1 aromatic carbocycles. The molecule has 0 bridgehead atoms. The van der Waals surface area contributed by atoms with Crippen molar-refractivity contribution in [2.45, 2.75) is 40.2 Å². The predicted octanol–water partition coefficient (Wildman–Crippen LogP) is 2.74. The molecule has 0 aliphatic carbocycles. The minimum atomic E-state index is 0.127. The molecule has 0 radical (unpaired) electrons. The Hall–Kier alpha value is -1.35.